The molecule has 4 nitrogen and oxygen atoms in total. The molecular weight excluding hydrogens is 210 g/mol. The molecule has 0 aromatic rings. The van der Waals surface area contributed by atoms with E-state index >= 15 is 0 Å². The van der Waals surface area contributed by atoms with Crippen LogP contribution in [0.1, 0.15) is 33.6 Å². The van der Waals surface area contributed by atoms with Crippen LogP contribution < -0.4 is 11.1 Å². The Morgan fingerprint density at radius 2 is 2.20 bits per heavy atom. The summed E-state index contributed by atoms with van der Waals surface area (Å²) in [6, 6.07) is 0.764. The lowest BCUT2D eigenvalue weighted by atomic mass is 10.1. The van der Waals surface area contributed by atoms with Crippen LogP contribution in [0.5, 0.6) is 0 Å². The van der Waals surface area contributed by atoms with Gasteiger partial charge in [-0.15, -0.1) is 0 Å². The summed E-state index contributed by atoms with van der Waals surface area (Å²) in [4.78, 5) is 0. The zero-order valence-electron chi connectivity index (χ0n) is 9.86. The number of nitrogens with two attached hydrogens (primary N) is 1. The molecule has 0 spiro atoms. The molecule has 0 rings (SSSR count). The van der Waals surface area contributed by atoms with E-state index in [1.807, 2.05) is 11.8 Å². The van der Waals surface area contributed by atoms with E-state index < -0.39 is 0 Å². The summed E-state index contributed by atoms with van der Waals surface area (Å²) in [6.07, 6.45) is 1.59. The van der Waals surface area contributed by atoms with Crippen LogP contribution in [0.25, 0.3) is 0 Å². The van der Waals surface area contributed by atoms with Crippen molar-refractivity contribution in [2.45, 2.75) is 45.7 Å². The minimum absolute atomic E-state index is 0.296. The van der Waals surface area contributed by atoms with Crippen molar-refractivity contribution in [2.24, 2.45) is 10.9 Å². The van der Waals surface area contributed by atoms with Crippen molar-refractivity contribution in [2.75, 3.05) is 11.5 Å². The van der Waals surface area contributed by atoms with Crippen LogP contribution in [0, 0.1) is 0 Å². The first-order chi connectivity index (χ1) is 7.13. The predicted octanol–water partition coefficient (Wildman–Crippen LogP) is 1.63. The summed E-state index contributed by atoms with van der Waals surface area (Å²) in [7, 11) is 0. The first-order valence-electron chi connectivity index (χ1n) is 5.44. The number of nitrogens with one attached hydrogen (secondary N) is 1. The molecule has 2 atom stereocenters. The van der Waals surface area contributed by atoms with Gasteiger partial charge in [0, 0.05) is 24.3 Å². The maximum absolute atomic E-state index is 8.49. The smallest absolute Gasteiger partial charge is 0.140 e. The molecule has 0 aliphatic heterocycles. The van der Waals surface area contributed by atoms with Crippen LogP contribution in [0.2, 0.25) is 0 Å². The topological polar surface area (TPSA) is 70.6 Å². The quantitative estimate of drug-likeness (QED) is 0.258. The molecule has 0 fully saturated rings. The fraction of sp³-hybridized carbons (Fsp3) is 0.900. The Hall–Kier alpha value is -0.420. The molecule has 0 saturated heterocycles. The predicted molar refractivity (Wildman–Crippen MR) is 67.7 cm³/mol. The van der Waals surface area contributed by atoms with Gasteiger partial charge in [-0.1, -0.05) is 19.0 Å². The minimum Gasteiger partial charge on any atom is -0.409 e. The molecule has 0 aromatic heterocycles. The number of oxime groups is 1. The monoisotopic (exact) mass is 233 g/mol. The lowest BCUT2D eigenvalue weighted by Crippen LogP contribution is -2.40. The second-order valence-corrected chi connectivity index (χ2v) is 4.95. The summed E-state index contributed by atoms with van der Waals surface area (Å²) >= 11 is 1.92. The maximum atomic E-state index is 8.49. The minimum atomic E-state index is 0.296. The normalized spacial score (nSPS) is 16.3. The number of thioether (sulfide) groups is 1. The van der Waals surface area contributed by atoms with Crippen LogP contribution >= 0.6 is 11.8 Å². The van der Waals surface area contributed by atoms with Crippen LogP contribution in [0.3, 0.4) is 0 Å². The Morgan fingerprint density at radius 3 is 2.67 bits per heavy atom. The fourth-order valence-electron chi connectivity index (χ4n) is 1.36. The molecule has 0 aliphatic carbocycles. The van der Waals surface area contributed by atoms with E-state index in [9.17, 15) is 0 Å². The van der Waals surface area contributed by atoms with Gasteiger partial charge in [-0.05, 0) is 19.1 Å². The van der Waals surface area contributed by atoms with E-state index in [1.165, 1.54) is 0 Å². The highest BCUT2D eigenvalue weighted by Crippen LogP contribution is 2.05. The molecule has 0 amide bonds. The van der Waals surface area contributed by atoms with Crippen molar-refractivity contribution >= 4 is 17.6 Å². The number of amidine groups is 1. The number of hydrogen-bond donors (Lipinski definition) is 3. The molecule has 0 heterocycles. The van der Waals surface area contributed by atoms with E-state index in [0.29, 0.717) is 24.3 Å². The fourth-order valence-corrected chi connectivity index (χ4v) is 2.04. The largest absolute Gasteiger partial charge is 0.409 e. The lowest BCUT2D eigenvalue weighted by Gasteiger charge is -2.21. The van der Waals surface area contributed by atoms with Gasteiger partial charge in [0.05, 0.1) is 0 Å². The first-order valence-corrected chi connectivity index (χ1v) is 6.59. The third-order valence-corrected chi connectivity index (χ3v) is 3.31. The van der Waals surface area contributed by atoms with E-state index in [0.717, 1.165) is 17.9 Å². The molecule has 90 valence electrons. The van der Waals surface area contributed by atoms with Gasteiger partial charge in [0.2, 0.25) is 0 Å². The molecule has 0 radical (unpaired) electrons. The lowest BCUT2D eigenvalue weighted by molar-refractivity contribution is 0.315. The van der Waals surface area contributed by atoms with Crippen LogP contribution in [0.4, 0.5) is 0 Å². The number of nitrogens with zero attached hydrogens (tertiary/aromatic N) is 1. The zero-order chi connectivity index (χ0) is 11.7. The van der Waals surface area contributed by atoms with Gasteiger partial charge >= 0.3 is 0 Å². The Morgan fingerprint density at radius 1 is 1.53 bits per heavy atom. The van der Waals surface area contributed by atoms with Gasteiger partial charge in [-0.2, -0.15) is 11.8 Å². The summed E-state index contributed by atoms with van der Waals surface area (Å²) in [6.45, 7) is 6.42. The average molecular weight is 233 g/mol. The van der Waals surface area contributed by atoms with Crippen molar-refractivity contribution in [3.05, 3.63) is 0 Å². The Labute approximate surface area is 96.7 Å². The van der Waals surface area contributed by atoms with Crippen LogP contribution in [0.15, 0.2) is 5.16 Å². The highest BCUT2D eigenvalue weighted by atomic mass is 32.2. The Kier molecular flexibility index (Phi) is 8.61. The standard InChI is InChI=1S/C10H23N3OS/c1-4-9(6-10(11)13-14)12-8(3)7-15-5-2/h8-9,12,14H,4-7H2,1-3H3,(H2,11,13). The summed E-state index contributed by atoms with van der Waals surface area (Å²) in [5.74, 6) is 2.54. The van der Waals surface area contributed by atoms with E-state index in [2.05, 4.69) is 31.2 Å². The molecular formula is C10H23N3OS. The number of hydrogen-bond acceptors (Lipinski definition) is 4. The molecule has 2 unspecified atom stereocenters. The van der Waals surface area contributed by atoms with Crippen LogP contribution in [-0.4, -0.2) is 34.6 Å². The van der Waals surface area contributed by atoms with Gasteiger partial charge in [-0.25, -0.2) is 0 Å². The van der Waals surface area contributed by atoms with Gasteiger partial charge < -0.3 is 16.3 Å². The molecule has 0 aliphatic rings. The summed E-state index contributed by atoms with van der Waals surface area (Å²) in [5.41, 5.74) is 5.48. The molecule has 0 aromatic carbocycles. The van der Waals surface area contributed by atoms with Crippen LogP contribution in [-0.2, 0) is 0 Å². The average Bonchev–Trinajstić information content (AvgIpc) is 2.25. The van der Waals surface area contributed by atoms with E-state index in [1.54, 1.807) is 0 Å². The number of rotatable bonds is 8. The Balaban J connectivity index is 3.87. The maximum Gasteiger partial charge on any atom is 0.140 e. The van der Waals surface area contributed by atoms with Gasteiger partial charge in [0.15, 0.2) is 0 Å². The van der Waals surface area contributed by atoms with E-state index in [4.69, 9.17) is 10.9 Å². The van der Waals surface area contributed by atoms with Gasteiger partial charge in [-0.3, -0.25) is 0 Å². The van der Waals surface area contributed by atoms with Crippen molar-refractivity contribution < 1.29 is 5.21 Å². The molecule has 5 heteroatoms. The molecule has 0 saturated carbocycles. The summed E-state index contributed by atoms with van der Waals surface area (Å²) < 4.78 is 0. The third-order valence-electron chi connectivity index (χ3n) is 2.17. The molecule has 4 N–H and O–H groups in total. The second kappa shape index (κ2) is 8.85. The molecule has 15 heavy (non-hydrogen) atoms. The third kappa shape index (κ3) is 7.50. The van der Waals surface area contributed by atoms with Crippen molar-refractivity contribution in [1.82, 2.24) is 5.32 Å². The van der Waals surface area contributed by atoms with Crippen molar-refractivity contribution in [1.29, 1.82) is 0 Å². The Bertz CT molecular complexity index is 188. The van der Waals surface area contributed by atoms with Gasteiger partial charge in [0.25, 0.3) is 0 Å². The summed E-state index contributed by atoms with van der Waals surface area (Å²) in [5, 5.41) is 15.0. The SMILES string of the molecule is CCSCC(C)NC(CC)CC(N)=NO. The van der Waals surface area contributed by atoms with Crippen molar-refractivity contribution in [3.8, 4) is 0 Å². The zero-order valence-corrected chi connectivity index (χ0v) is 10.7. The van der Waals surface area contributed by atoms with Crippen molar-refractivity contribution in [3.63, 3.8) is 0 Å². The van der Waals surface area contributed by atoms with E-state index in [-0.39, 0.29) is 0 Å². The highest BCUT2D eigenvalue weighted by Gasteiger charge is 2.11. The van der Waals surface area contributed by atoms with Gasteiger partial charge in [0.1, 0.15) is 5.84 Å². The highest BCUT2D eigenvalue weighted by molar-refractivity contribution is 7.99. The first kappa shape index (κ1) is 14.6. The molecule has 0 bridgehead atoms. The second-order valence-electron chi connectivity index (χ2n) is 3.63.